The molecule has 4 aromatic rings. The van der Waals surface area contributed by atoms with Gasteiger partial charge in [-0.2, -0.15) is 0 Å². The molecular formula is C30H33Cl2N3O2. The summed E-state index contributed by atoms with van der Waals surface area (Å²) in [6.07, 6.45) is 2.78. The number of rotatable bonds is 11. The Kier molecular flexibility index (Phi) is 9.14. The number of fused-ring (bicyclic) bond motifs is 1. The molecule has 7 heteroatoms. The van der Waals surface area contributed by atoms with Crippen LogP contribution in [0.3, 0.4) is 0 Å². The van der Waals surface area contributed by atoms with Crippen LogP contribution in [-0.4, -0.2) is 46.9 Å². The number of carbonyl (C=O) groups excluding carboxylic acids is 1. The van der Waals surface area contributed by atoms with Crippen molar-refractivity contribution in [1.29, 1.82) is 0 Å². The van der Waals surface area contributed by atoms with Gasteiger partial charge < -0.3 is 14.6 Å². The van der Waals surface area contributed by atoms with E-state index in [4.69, 9.17) is 27.9 Å². The predicted molar refractivity (Wildman–Crippen MR) is 152 cm³/mol. The van der Waals surface area contributed by atoms with Crippen LogP contribution in [0.4, 0.5) is 0 Å². The van der Waals surface area contributed by atoms with E-state index in [0.29, 0.717) is 36.2 Å². The highest BCUT2D eigenvalue weighted by Crippen LogP contribution is 2.24. The minimum Gasteiger partial charge on any atom is -0.497 e. The Hall–Kier alpha value is -2.99. The van der Waals surface area contributed by atoms with E-state index >= 15 is 0 Å². The van der Waals surface area contributed by atoms with Crippen molar-refractivity contribution in [2.45, 2.75) is 39.4 Å². The first-order chi connectivity index (χ1) is 17.8. The fraction of sp³-hybridized carbons (Fsp3) is 0.300. The molecule has 0 aliphatic carbocycles. The zero-order valence-electron chi connectivity index (χ0n) is 21.5. The van der Waals surface area contributed by atoms with Crippen LogP contribution in [0.2, 0.25) is 10.0 Å². The third-order valence-corrected chi connectivity index (χ3v) is 7.36. The van der Waals surface area contributed by atoms with E-state index in [1.54, 1.807) is 13.2 Å². The fourth-order valence-electron chi connectivity index (χ4n) is 4.44. The topological polar surface area (TPSA) is 48.6 Å². The number of halogens is 2. The van der Waals surface area contributed by atoms with Gasteiger partial charge in [0.15, 0.2) is 0 Å². The molecule has 0 atom stereocenters. The fourth-order valence-corrected chi connectivity index (χ4v) is 4.76. The number of nitrogens with one attached hydrogen (secondary N) is 1. The van der Waals surface area contributed by atoms with E-state index in [-0.39, 0.29) is 11.9 Å². The quantitative estimate of drug-likeness (QED) is 0.225. The zero-order valence-corrected chi connectivity index (χ0v) is 23.0. The molecule has 0 bridgehead atoms. The van der Waals surface area contributed by atoms with Crippen LogP contribution in [0.25, 0.3) is 10.9 Å². The van der Waals surface area contributed by atoms with E-state index in [1.165, 1.54) is 10.9 Å². The smallest absolute Gasteiger partial charge is 0.237 e. The molecule has 0 spiro atoms. The summed E-state index contributed by atoms with van der Waals surface area (Å²) in [4.78, 5) is 21.2. The molecule has 0 aliphatic heterocycles. The van der Waals surface area contributed by atoms with E-state index in [0.717, 1.165) is 28.8 Å². The molecular weight excluding hydrogens is 505 g/mol. The predicted octanol–water partition coefficient (Wildman–Crippen LogP) is 6.97. The zero-order chi connectivity index (χ0) is 26.4. The lowest BCUT2D eigenvalue weighted by molar-refractivity contribution is -0.133. The van der Waals surface area contributed by atoms with Gasteiger partial charge in [0.2, 0.25) is 5.91 Å². The standard InChI is InChI=1S/C30H33Cl2N3O2/c1-21(2)35(19-22-7-6-8-25(15-22)37-3)20-30(36)34(18-23-11-12-27(31)28(32)16-23)14-13-24-17-33-29-10-5-4-9-26(24)29/h4-12,15-17,21,33H,13-14,18-20H2,1-3H3. The molecule has 194 valence electrons. The van der Waals surface area contributed by atoms with Crippen LogP contribution >= 0.6 is 23.2 Å². The van der Waals surface area contributed by atoms with E-state index in [9.17, 15) is 4.79 Å². The Labute approximate surface area is 228 Å². The lowest BCUT2D eigenvalue weighted by atomic mass is 10.1. The summed E-state index contributed by atoms with van der Waals surface area (Å²) >= 11 is 12.4. The van der Waals surface area contributed by atoms with Gasteiger partial charge in [-0.05, 0) is 67.3 Å². The number of amides is 1. The molecule has 1 N–H and O–H groups in total. The molecule has 0 saturated heterocycles. The second-order valence-corrected chi connectivity index (χ2v) is 10.3. The first-order valence-corrected chi connectivity index (χ1v) is 13.2. The second kappa shape index (κ2) is 12.5. The number of hydrogen-bond acceptors (Lipinski definition) is 3. The van der Waals surface area contributed by atoms with Gasteiger partial charge in [0.25, 0.3) is 0 Å². The SMILES string of the molecule is COc1cccc(CN(CC(=O)N(CCc2c[nH]c3ccccc23)Cc2ccc(Cl)c(Cl)c2)C(C)C)c1. The summed E-state index contributed by atoms with van der Waals surface area (Å²) in [6.45, 7) is 6.24. The van der Waals surface area contributed by atoms with E-state index in [1.807, 2.05) is 53.6 Å². The van der Waals surface area contributed by atoms with Crippen molar-refractivity contribution in [3.63, 3.8) is 0 Å². The number of carbonyl (C=O) groups is 1. The van der Waals surface area contributed by atoms with Crippen molar-refractivity contribution in [3.05, 3.63) is 99.7 Å². The number of ether oxygens (including phenoxy) is 1. The Balaban J connectivity index is 1.53. The van der Waals surface area contributed by atoms with Crippen LogP contribution in [0.15, 0.2) is 72.9 Å². The first kappa shape index (κ1) is 27.1. The maximum atomic E-state index is 13.7. The number of para-hydroxylation sites is 1. The second-order valence-electron chi connectivity index (χ2n) is 9.52. The van der Waals surface area contributed by atoms with Gasteiger partial charge in [0.1, 0.15) is 5.75 Å². The molecule has 1 heterocycles. The van der Waals surface area contributed by atoms with Gasteiger partial charge in [-0.3, -0.25) is 9.69 Å². The highest BCUT2D eigenvalue weighted by Gasteiger charge is 2.21. The summed E-state index contributed by atoms with van der Waals surface area (Å²) in [7, 11) is 1.66. The summed E-state index contributed by atoms with van der Waals surface area (Å²) in [5, 5.41) is 2.18. The molecule has 37 heavy (non-hydrogen) atoms. The van der Waals surface area contributed by atoms with E-state index < -0.39 is 0 Å². The van der Waals surface area contributed by atoms with Crippen molar-refractivity contribution in [1.82, 2.24) is 14.8 Å². The van der Waals surface area contributed by atoms with Crippen LogP contribution < -0.4 is 4.74 Å². The lowest BCUT2D eigenvalue weighted by Crippen LogP contribution is -2.43. The molecule has 0 unspecified atom stereocenters. The summed E-state index contributed by atoms with van der Waals surface area (Å²) < 4.78 is 5.38. The van der Waals surface area contributed by atoms with Gasteiger partial charge in [-0.1, -0.05) is 59.6 Å². The van der Waals surface area contributed by atoms with Crippen LogP contribution in [0.5, 0.6) is 5.75 Å². The molecule has 5 nitrogen and oxygen atoms in total. The van der Waals surface area contributed by atoms with Gasteiger partial charge >= 0.3 is 0 Å². The maximum absolute atomic E-state index is 13.7. The minimum absolute atomic E-state index is 0.0718. The van der Waals surface area contributed by atoms with Crippen molar-refractivity contribution < 1.29 is 9.53 Å². The van der Waals surface area contributed by atoms with Crippen molar-refractivity contribution >= 4 is 40.0 Å². The summed E-state index contributed by atoms with van der Waals surface area (Å²) in [6, 6.07) is 22.0. The molecule has 1 aromatic heterocycles. The Morgan fingerprint density at radius 1 is 0.946 bits per heavy atom. The van der Waals surface area contributed by atoms with Crippen molar-refractivity contribution in [3.8, 4) is 5.75 Å². The average molecular weight is 539 g/mol. The van der Waals surface area contributed by atoms with Gasteiger partial charge in [0.05, 0.1) is 23.7 Å². The highest BCUT2D eigenvalue weighted by atomic mass is 35.5. The number of nitrogens with zero attached hydrogens (tertiary/aromatic N) is 2. The normalized spacial score (nSPS) is 11.4. The molecule has 3 aromatic carbocycles. The van der Waals surface area contributed by atoms with Gasteiger partial charge in [0, 0.05) is 42.8 Å². The highest BCUT2D eigenvalue weighted by molar-refractivity contribution is 6.42. The van der Waals surface area contributed by atoms with Gasteiger partial charge in [-0.15, -0.1) is 0 Å². The Morgan fingerprint density at radius 3 is 2.49 bits per heavy atom. The summed E-state index contributed by atoms with van der Waals surface area (Å²) in [5.41, 5.74) is 4.35. The molecule has 0 fully saturated rings. The summed E-state index contributed by atoms with van der Waals surface area (Å²) in [5.74, 6) is 0.884. The largest absolute Gasteiger partial charge is 0.497 e. The van der Waals surface area contributed by atoms with Gasteiger partial charge in [-0.25, -0.2) is 0 Å². The van der Waals surface area contributed by atoms with Crippen LogP contribution in [0, 0.1) is 0 Å². The Morgan fingerprint density at radius 2 is 1.73 bits per heavy atom. The van der Waals surface area contributed by atoms with Crippen LogP contribution in [0.1, 0.15) is 30.5 Å². The maximum Gasteiger partial charge on any atom is 0.237 e. The third kappa shape index (κ3) is 7.07. The lowest BCUT2D eigenvalue weighted by Gasteiger charge is -2.30. The monoisotopic (exact) mass is 537 g/mol. The number of aromatic amines is 1. The van der Waals surface area contributed by atoms with E-state index in [2.05, 4.69) is 41.9 Å². The molecule has 0 radical (unpaired) electrons. The first-order valence-electron chi connectivity index (χ1n) is 12.5. The molecule has 1 amide bonds. The van der Waals surface area contributed by atoms with Crippen molar-refractivity contribution in [2.24, 2.45) is 0 Å². The minimum atomic E-state index is 0.0718. The number of hydrogen-bond donors (Lipinski definition) is 1. The Bertz CT molecular complexity index is 1350. The number of benzene rings is 3. The third-order valence-electron chi connectivity index (χ3n) is 6.62. The number of H-pyrrole nitrogens is 1. The van der Waals surface area contributed by atoms with Crippen LogP contribution in [-0.2, 0) is 24.3 Å². The number of methoxy groups -OCH3 is 1. The van der Waals surface area contributed by atoms with Crippen molar-refractivity contribution in [2.75, 3.05) is 20.2 Å². The average Bonchev–Trinajstić information content (AvgIpc) is 3.31. The molecule has 0 saturated carbocycles. The number of aromatic nitrogens is 1. The molecule has 0 aliphatic rings. The molecule has 4 rings (SSSR count).